The minimum Gasteiger partial charge on any atom is -0.281 e. The van der Waals surface area contributed by atoms with Gasteiger partial charge < -0.3 is 0 Å². The average molecular weight is 350 g/mol. The number of sulfonamides is 1. The van der Waals surface area contributed by atoms with Crippen molar-refractivity contribution in [2.24, 2.45) is 0 Å². The molecule has 0 fully saturated rings. The quantitative estimate of drug-likeness (QED) is 0.835. The molecule has 1 aromatic heterocycles. The Morgan fingerprint density at radius 1 is 1.24 bits per heavy atom. The summed E-state index contributed by atoms with van der Waals surface area (Å²) in [5.41, 5.74) is 0.564. The van der Waals surface area contributed by atoms with Crippen LogP contribution in [0.2, 0.25) is 5.02 Å². The third kappa shape index (κ3) is 3.82. The Labute approximate surface area is 127 Å². The smallest absolute Gasteiger partial charge is 0.242 e. The first-order chi connectivity index (χ1) is 9.70. The van der Waals surface area contributed by atoms with E-state index in [1.165, 1.54) is 18.3 Å². The standard InChI is InChI=1S/C11H12ClN3O4S2/c1-20(16,17)9-2-3-10(12)11(6-9)21(18,19)14-7-8-4-5-13-15-8/h2-6,14H,7H2,1H3,(H,13,15). The number of nitrogens with one attached hydrogen (secondary N) is 2. The lowest BCUT2D eigenvalue weighted by Gasteiger charge is -2.09. The summed E-state index contributed by atoms with van der Waals surface area (Å²) in [6.07, 6.45) is 2.48. The highest BCUT2D eigenvalue weighted by atomic mass is 35.5. The maximum absolute atomic E-state index is 12.2. The second-order valence-electron chi connectivity index (χ2n) is 4.27. The number of nitrogens with zero attached hydrogens (tertiary/aromatic N) is 1. The molecule has 0 spiro atoms. The van der Waals surface area contributed by atoms with E-state index >= 15 is 0 Å². The fourth-order valence-electron chi connectivity index (χ4n) is 1.55. The van der Waals surface area contributed by atoms with Gasteiger partial charge in [0.05, 0.1) is 22.2 Å². The summed E-state index contributed by atoms with van der Waals surface area (Å²) < 4.78 is 49.7. The largest absolute Gasteiger partial charge is 0.281 e. The van der Waals surface area contributed by atoms with Crippen LogP contribution in [0.25, 0.3) is 0 Å². The Bertz CT molecular complexity index is 846. The maximum atomic E-state index is 12.2. The lowest BCUT2D eigenvalue weighted by Crippen LogP contribution is -2.24. The van der Waals surface area contributed by atoms with Crippen LogP contribution in [0.15, 0.2) is 40.3 Å². The van der Waals surface area contributed by atoms with Crippen molar-refractivity contribution in [2.75, 3.05) is 6.26 Å². The van der Waals surface area contributed by atoms with Crippen molar-refractivity contribution in [3.63, 3.8) is 0 Å². The van der Waals surface area contributed by atoms with E-state index in [-0.39, 0.29) is 21.4 Å². The fourth-order valence-corrected chi connectivity index (χ4v) is 3.81. The summed E-state index contributed by atoms with van der Waals surface area (Å²) in [5, 5.41) is 6.24. The fraction of sp³-hybridized carbons (Fsp3) is 0.182. The third-order valence-electron chi connectivity index (χ3n) is 2.63. The molecule has 2 aromatic rings. The van der Waals surface area contributed by atoms with Crippen molar-refractivity contribution in [2.45, 2.75) is 16.3 Å². The predicted octanol–water partition coefficient (Wildman–Crippen LogP) is 0.945. The van der Waals surface area contributed by atoms with Gasteiger partial charge in [-0.15, -0.1) is 0 Å². The molecule has 7 nitrogen and oxygen atoms in total. The van der Waals surface area contributed by atoms with Crippen LogP contribution >= 0.6 is 11.6 Å². The molecule has 0 aliphatic heterocycles. The van der Waals surface area contributed by atoms with Gasteiger partial charge in [-0.2, -0.15) is 5.10 Å². The van der Waals surface area contributed by atoms with E-state index in [4.69, 9.17) is 11.6 Å². The number of hydrogen-bond acceptors (Lipinski definition) is 5. The normalized spacial score (nSPS) is 12.5. The highest BCUT2D eigenvalue weighted by Crippen LogP contribution is 2.24. The molecular formula is C11H12ClN3O4S2. The Morgan fingerprint density at radius 2 is 1.95 bits per heavy atom. The van der Waals surface area contributed by atoms with Crippen molar-refractivity contribution in [1.29, 1.82) is 0 Å². The van der Waals surface area contributed by atoms with Crippen LogP contribution in [-0.4, -0.2) is 33.3 Å². The molecule has 10 heteroatoms. The number of H-pyrrole nitrogens is 1. The zero-order valence-corrected chi connectivity index (χ0v) is 13.3. The number of aromatic nitrogens is 2. The van der Waals surface area contributed by atoms with Crippen LogP contribution in [0, 0.1) is 0 Å². The Morgan fingerprint density at radius 3 is 2.52 bits per heavy atom. The zero-order valence-electron chi connectivity index (χ0n) is 10.9. The minimum absolute atomic E-state index is 0.0121. The van der Waals surface area contributed by atoms with Gasteiger partial charge in [0.25, 0.3) is 0 Å². The van der Waals surface area contributed by atoms with E-state index in [0.29, 0.717) is 5.69 Å². The number of halogens is 1. The molecule has 2 rings (SSSR count). The highest BCUT2D eigenvalue weighted by molar-refractivity contribution is 7.91. The predicted molar refractivity (Wildman–Crippen MR) is 77.2 cm³/mol. The molecule has 0 aliphatic rings. The number of hydrogen-bond donors (Lipinski definition) is 2. The van der Waals surface area contributed by atoms with E-state index in [0.717, 1.165) is 12.3 Å². The average Bonchev–Trinajstić information content (AvgIpc) is 2.88. The van der Waals surface area contributed by atoms with Gasteiger partial charge in [-0.05, 0) is 24.3 Å². The first-order valence-electron chi connectivity index (χ1n) is 5.68. The Balaban J connectivity index is 2.35. The van der Waals surface area contributed by atoms with Crippen LogP contribution < -0.4 is 4.72 Å². The molecule has 0 saturated heterocycles. The highest BCUT2D eigenvalue weighted by Gasteiger charge is 2.20. The van der Waals surface area contributed by atoms with E-state index in [2.05, 4.69) is 14.9 Å². The Kier molecular flexibility index (Phi) is 4.38. The molecule has 114 valence electrons. The summed E-state index contributed by atoms with van der Waals surface area (Å²) in [6, 6.07) is 5.14. The molecule has 1 heterocycles. The second-order valence-corrected chi connectivity index (χ2v) is 8.43. The zero-order chi connectivity index (χ0) is 15.7. The van der Waals surface area contributed by atoms with Gasteiger partial charge in [-0.1, -0.05) is 11.6 Å². The second kappa shape index (κ2) is 5.76. The summed E-state index contributed by atoms with van der Waals surface area (Å²) in [4.78, 5) is -0.402. The van der Waals surface area contributed by atoms with E-state index in [9.17, 15) is 16.8 Å². The summed E-state index contributed by atoms with van der Waals surface area (Å²) >= 11 is 5.86. The number of sulfone groups is 1. The molecule has 21 heavy (non-hydrogen) atoms. The van der Waals surface area contributed by atoms with Crippen molar-refractivity contribution in [1.82, 2.24) is 14.9 Å². The lowest BCUT2D eigenvalue weighted by atomic mass is 10.4. The molecule has 1 aromatic carbocycles. The number of rotatable bonds is 5. The van der Waals surface area contributed by atoms with Crippen LogP contribution in [0.1, 0.15) is 5.69 Å². The van der Waals surface area contributed by atoms with E-state index in [1.807, 2.05) is 0 Å². The van der Waals surface area contributed by atoms with Crippen molar-refractivity contribution in [3.8, 4) is 0 Å². The molecule has 0 amide bonds. The van der Waals surface area contributed by atoms with E-state index < -0.39 is 19.9 Å². The van der Waals surface area contributed by atoms with Crippen molar-refractivity contribution < 1.29 is 16.8 Å². The Hall–Kier alpha value is -1.42. The van der Waals surface area contributed by atoms with Gasteiger partial charge in [0.2, 0.25) is 10.0 Å². The van der Waals surface area contributed by atoms with Gasteiger partial charge in [-0.25, -0.2) is 21.6 Å². The molecular weight excluding hydrogens is 338 g/mol. The van der Waals surface area contributed by atoms with Crippen LogP contribution in [0.4, 0.5) is 0 Å². The van der Waals surface area contributed by atoms with Crippen molar-refractivity contribution in [3.05, 3.63) is 41.2 Å². The number of aromatic amines is 1. The molecule has 0 radical (unpaired) electrons. The minimum atomic E-state index is -3.94. The van der Waals surface area contributed by atoms with Gasteiger partial charge in [0, 0.05) is 12.5 Å². The molecule has 2 N–H and O–H groups in total. The number of benzene rings is 1. The molecule has 0 bridgehead atoms. The third-order valence-corrected chi connectivity index (χ3v) is 5.62. The van der Waals surface area contributed by atoms with Crippen LogP contribution in [0.3, 0.4) is 0 Å². The van der Waals surface area contributed by atoms with Crippen LogP contribution in [-0.2, 0) is 26.4 Å². The summed E-state index contributed by atoms with van der Waals surface area (Å²) in [7, 11) is -7.47. The summed E-state index contributed by atoms with van der Waals surface area (Å²) in [5.74, 6) is 0. The first-order valence-corrected chi connectivity index (χ1v) is 9.43. The van der Waals surface area contributed by atoms with Gasteiger partial charge in [0.1, 0.15) is 4.90 Å². The van der Waals surface area contributed by atoms with Crippen molar-refractivity contribution >= 4 is 31.5 Å². The maximum Gasteiger partial charge on any atom is 0.242 e. The van der Waals surface area contributed by atoms with Gasteiger partial charge in [0.15, 0.2) is 9.84 Å². The lowest BCUT2D eigenvalue weighted by molar-refractivity contribution is 0.580. The first kappa shape index (κ1) is 16.0. The van der Waals surface area contributed by atoms with Crippen LogP contribution in [0.5, 0.6) is 0 Å². The molecule has 0 atom stereocenters. The monoisotopic (exact) mass is 349 g/mol. The molecule has 0 saturated carbocycles. The SMILES string of the molecule is CS(=O)(=O)c1ccc(Cl)c(S(=O)(=O)NCc2ccn[nH]2)c1. The summed E-state index contributed by atoms with van der Waals surface area (Å²) in [6.45, 7) is -0.0121. The van der Waals surface area contributed by atoms with E-state index in [1.54, 1.807) is 6.07 Å². The molecule has 0 aliphatic carbocycles. The topological polar surface area (TPSA) is 109 Å². The van der Waals surface area contributed by atoms with Gasteiger partial charge >= 0.3 is 0 Å². The van der Waals surface area contributed by atoms with Gasteiger partial charge in [-0.3, -0.25) is 5.10 Å². The molecule has 0 unspecified atom stereocenters.